The van der Waals surface area contributed by atoms with E-state index in [1.54, 1.807) is 33.9 Å². The second kappa shape index (κ2) is 10.5. The van der Waals surface area contributed by atoms with Gasteiger partial charge in [0.1, 0.15) is 11.6 Å². The van der Waals surface area contributed by atoms with Gasteiger partial charge in [-0.25, -0.2) is 0 Å². The van der Waals surface area contributed by atoms with Crippen molar-refractivity contribution in [2.75, 3.05) is 26.7 Å². The number of hydrogen-bond donors (Lipinski definition) is 1. The Kier molecular flexibility index (Phi) is 8.35. The molecule has 2 unspecified atom stereocenters. The molecule has 0 aromatic rings. The molecule has 8 nitrogen and oxygen atoms in total. The van der Waals surface area contributed by atoms with Crippen LogP contribution in [0, 0.1) is 17.8 Å². The number of rotatable bonds is 11. The first-order chi connectivity index (χ1) is 17.3. The first-order valence-corrected chi connectivity index (χ1v) is 13.7. The number of likely N-dealkylation sites (tertiary alicyclic amines) is 1. The molecule has 37 heavy (non-hydrogen) atoms. The Labute approximate surface area is 222 Å². The maximum atomic E-state index is 14.5. The summed E-state index contributed by atoms with van der Waals surface area (Å²) in [4.78, 5) is 47.7. The molecule has 3 aliphatic heterocycles. The van der Waals surface area contributed by atoms with Gasteiger partial charge in [0, 0.05) is 25.7 Å². The zero-order valence-corrected chi connectivity index (χ0v) is 23.8. The summed E-state index contributed by atoms with van der Waals surface area (Å²) in [6.07, 6.45) is 5.59. The van der Waals surface area contributed by atoms with Crippen LogP contribution in [-0.4, -0.2) is 93.1 Å². The van der Waals surface area contributed by atoms with Gasteiger partial charge in [-0.1, -0.05) is 32.9 Å². The largest absolute Gasteiger partial charge is 0.394 e. The molecule has 8 heteroatoms. The van der Waals surface area contributed by atoms with Crippen molar-refractivity contribution < 1.29 is 24.2 Å². The lowest BCUT2D eigenvalue weighted by Gasteiger charge is -2.43. The first kappa shape index (κ1) is 29.4. The van der Waals surface area contributed by atoms with Gasteiger partial charge < -0.3 is 24.5 Å². The Morgan fingerprint density at radius 1 is 1.19 bits per heavy atom. The molecule has 0 saturated carbocycles. The van der Waals surface area contributed by atoms with Crippen LogP contribution in [0.3, 0.4) is 0 Å². The Morgan fingerprint density at radius 3 is 2.30 bits per heavy atom. The molecule has 0 aromatic heterocycles. The molecular weight excluding hydrogens is 470 g/mol. The molecule has 3 rings (SSSR count). The number of amides is 3. The van der Waals surface area contributed by atoms with Gasteiger partial charge in [-0.2, -0.15) is 0 Å². The number of nitrogens with zero attached hydrogens (tertiary/aromatic N) is 3. The van der Waals surface area contributed by atoms with Crippen LogP contribution in [0.5, 0.6) is 0 Å². The van der Waals surface area contributed by atoms with Crippen molar-refractivity contribution in [3.63, 3.8) is 0 Å². The molecule has 3 fully saturated rings. The maximum absolute atomic E-state index is 14.5. The molecule has 3 heterocycles. The van der Waals surface area contributed by atoms with E-state index in [0.29, 0.717) is 38.8 Å². The van der Waals surface area contributed by atoms with Gasteiger partial charge in [0.05, 0.1) is 30.1 Å². The predicted octanol–water partition coefficient (Wildman–Crippen LogP) is 3.01. The average molecular weight is 518 g/mol. The highest BCUT2D eigenvalue weighted by Gasteiger charge is 2.79. The van der Waals surface area contributed by atoms with Crippen molar-refractivity contribution in [1.82, 2.24) is 14.7 Å². The van der Waals surface area contributed by atoms with Gasteiger partial charge in [-0.3, -0.25) is 14.4 Å². The summed E-state index contributed by atoms with van der Waals surface area (Å²) < 4.78 is 6.87. The normalized spacial score (nSPS) is 31.4. The fraction of sp³-hybridized carbons (Fsp3) is 0.759. The van der Waals surface area contributed by atoms with E-state index in [2.05, 4.69) is 13.2 Å². The van der Waals surface area contributed by atoms with Gasteiger partial charge >= 0.3 is 0 Å². The van der Waals surface area contributed by atoms with Crippen molar-refractivity contribution in [1.29, 1.82) is 0 Å². The Balaban J connectivity index is 2.21. The number of likely N-dealkylation sites (N-methyl/N-ethyl adjacent to an activating group) is 1. The van der Waals surface area contributed by atoms with Crippen molar-refractivity contribution in [3.8, 4) is 0 Å². The highest BCUT2D eigenvalue weighted by molar-refractivity contribution is 5.99. The van der Waals surface area contributed by atoms with E-state index in [9.17, 15) is 19.5 Å². The van der Waals surface area contributed by atoms with Crippen LogP contribution < -0.4 is 0 Å². The van der Waals surface area contributed by atoms with E-state index in [1.807, 2.05) is 41.5 Å². The van der Waals surface area contributed by atoms with E-state index < -0.39 is 40.7 Å². The van der Waals surface area contributed by atoms with E-state index >= 15 is 0 Å². The fourth-order valence-electron chi connectivity index (χ4n) is 7.02. The van der Waals surface area contributed by atoms with Crippen LogP contribution in [-0.2, 0) is 19.1 Å². The number of aliphatic hydroxyl groups is 1. The Hall–Kier alpha value is -2.19. The fourth-order valence-corrected chi connectivity index (χ4v) is 7.02. The third-order valence-electron chi connectivity index (χ3n) is 8.63. The smallest absolute Gasteiger partial charge is 0.249 e. The number of ether oxygens (including phenoxy) is 1. The standard InChI is InChI=1S/C29H47N3O5/c1-10-15-30(9)24(34)21-22-25(35)32(20(18-33)17-19(4)5)23(26(36)31(16-11-2)27(6,7)8)29(22)14-13-28(21,12-3)37-29/h10-11,19-23,33H,1-2,12-18H2,3-9H3/t20-,21-,22+,23?,28+,29?/m1/s1. The van der Waals surface area contributed by atoms with Gasteiger partial charge in [-0.05, 0) is 52.4 Å². The van der Waals surface area contributed by atoms with E-state index in [-0.39, 0.29) is 30.2 Å². The minimum Gasteiger partial charge on any atom is -0.394 e. The summed E-state index contributed by atoms with van der Waals surface area (Å²) in [6, 6.07) is -1.47. The van der Waals surface area contributed by atoms with Crippen LogP contribution in [0.4, 0.5) is 0 Å². The average Bonchev–Trinajstić information content (AvgIpc) is 3.43. The number of aliphatic hydroxyl groups excluding tert-OH is 1. The van der Waals surface area contributed by atoms with Crippen molar-refractivity contribution >= 4 is 17.7 Å². The second-order valence-electron chi connectivity index (χ2n) is 12.5. The molecule has 0 aromatic carbocycles. The van der Waals surface area contributed by atoms with Crippen LogP contribution in [0.1, 0.15) is 67.2 Å². The van der Waals surface area contributed by atoms with Crippen molar-refractivity contribution in [2.45, 2.75) is 96.1 Å². The SMILES string of the molecule is C=CCN(C)C(=O)[C@H]1[C@H]2C(=O)N([C@@H](CO)CC(C)C)C(C(=O)N(CC=C)C(C)(C)C)C23CC[C@]1(CC)O3. The lowest BCUT2D eigenvalue weighted by atomic mass is 9.64. The summed E-state index contributed by atoms with van der Waals surface area (Å²) in [5, 5.41) is 10.5. The maximum Gasteiger partial charge on any atom is 0.249 e. The molecule has 1 spiro atoms. The van der Waals surface area contributed by atoms with Crippen LogP contribution in [0.15, 0.2) is 25.3 Å². The molecule has 0 radical (unpaired) electrons. The number of hydrogen-bond acceptors (Lipinski definition) is 5. The molecule has 3 aliphatic rings. The van der Waals surface area contributed by atoms with E-state index in [4.69, 9.17) is 4.74 Å². The summed E-state index contributed by atoms with van der Waals surface area (Å²) in [5.74, 6) is -1.90. The summed E-state index contributed by atoms with van der Waals surface area (Å²) in [7, 11) is 1.71. The third-order valence-corrected chi connectivity index (χ3v) is 8.63. The van der Waals surface area contributed by atoms with E-state index in [1.165, 1.54) is 0 Å². The minimum atomic E-state index is -1.12. The Morgan fingerprint density at radius 2 is 1.81 bits per heavy atom. The van der Waals surface area contributed by atoms with Crippen LogP contribution in [0.25, 0.3) is 0 Å². The molecule has 3 saturated heterocycles. The lowest BCUT2D eigenvalue weighted by molar-refractivity contribution is -0.160. The molecule has 1 N–H and O–H groups in total. The predicted molar refractivity (Wildman–Crippen MR) is 144 cm³/mol. The number of carbonyl (C=O) groups is 3. The van der Waals surface area contributed by atoms with Crippen LogP contribution >= 0.6 is 0 Å². The highest BCUT2D eigenvalue weighted by atomic mass is 16.5. The van der Waals surface area contributed by atoms with Crippen LogP contribution in [0.2, 0.25) is 0 Å². The van der Waals surface area contributed by atoms with Gasteiger partial charge in [0.2, 0.25) is 17.7 Å². The lowest BCUT2D eigenvalue weighted by Crippen LogP contribution is -2.61. The molecule has 0 aliphatic carbocycles. The molecule has 208 valence electrons. The summed E-state index contributed by atoms with van der Waals surface area (Å²) in [6.45, 7) is 19.9. The van der Waals surface area contributed by atoms with Crippen molar-refractivity contribution in [3.05, 3.63) is 25.3 Å². The summed E-state index contributed by atoms with van der Waals surface area (Å²) >= 11 is 0. The molecule has 3 amide bonds. The van der Waals surface area contributed by atoms with Gasteiger partial charge in [-0.15, -0.1) is 13.2 Å². The zero-order chi connectivity index (χ0) is 27.9. The third kappa shape index (κ3) is 4.65. The second-order valence-corrected chi connectivity index (χ2v) is 12.5. The van der Waals surface area contributed by atoms with E-state index in [0.717, 1.165) is 0 Å². The molecular formula is C29H47N3O5. The van der Waals surface area contributed by atoms with Crippen molar-refractivity contribution in [2.24, 2.45) is 17.8 Å². The monoisotopic (exact) mass is 517 g/mol. The summed E-state index contributed by atoms with van der Waals surface area (Å²) in [5.41, 5.74) is -2.44. The minimum absolute atomic E-state index is 0.155. The topological polar surface area (TPSA) is 90.4 Å². The molecule has 6 atom stereocenters. The number of carbonyl (C=O) groups excluding carboxylic acids is 3. The highest BCUT2D eigenvalue weighted by Crippen LogP contribution is 2.65. The number of fused-ring (bicyclic) bond motifs is 1. The van der Waals surface area contributed by atoms with Gasteiger partial charge in [0.15, 0.2) is 0 Å². The molecule has 2 bridgehead atoms. The van der Waals surface area contributed by atoms with Gasteiger partial charge in [0.25, 0.3) is 0 Å². The first-order valence-electron chi connectivity index (χ1n) is 13.7. The quantitative estimate of drug-likeness (QED) is 0.426. The zero-order valence-electron chi connectivity index (χ0n) is 23.8. The Bertz CT molecular complexity index is 927.